The minimum Gasteiger partial charge on any atom is -0.467 e. The van der Waals surface area contributed by atoms with Gasteiger partial charge in [-0.2, -0.15) is 0 Å². The molecule has 38 heavy (non-hydrogen) atoms. The second-order valence-corrected chi connectivity index (χ2v) is 9.74. The summed E-state index contributed by atoms with van der Waals surface area (Å²) in [6.07, 6.45) is -2.54. The van der Waals surface area contributed by atoms with E-state index in [0.29, 0.717) is 0 Å². The SMILES string of the molecule is COC(=O)[C@H](CC[C@@H]1[C@H](OC(C)=O)C[C@@H](C(=O)OC)N1C(=O)OC(C)(C)C)NC(=O)OCc1ccccc1. The summed E-state index contributed by atoms with van der Waals surface area (Å²) in [7, 11) is 2.35. The molecule has 0 spiro atoms. The summed E-state index contributed by atoms with van der Waals surface area (Å²) in [4.78, 5) is 63.5. The van der Waals surface area contributed by atoms with Crippen LogP contribution in [0.3, 0.4) is 0 Å². The third-order valence-corrected chi connectivity index (χ3v) is 5.71. The quantitative estimate of drug-likeness (QED) is 0.369. The largest absolute Gasteiger partial charge is 0.467 e. The van der Waals surface area contributed by atoms with E-state index < -0.39 is 59.9 Å². The van der Waals surface area contributed by atoms with Gasteiger partial charge in [-0.25, -0.2) is 19.2 Å². The molecular formula is C26H36N2O10. The number of alkyl carbamates (subject to hydrolysis) is 1. The average Bonchev–Trinajstić information content (AvgIpc) is 3.21. The molecule has 0 aliphatic carbocycles. The predicted octanol–water partition coefficient (Wildman–Crippen LogP) is 2.72. The predicted molar refractivity (Wildman–Crippen MR) is 133 cm³/mol. The molecule has 2 rings (SSSR count). The molecule has 1 aromatic rings. The lowest BCUT2D eigenvalue weighted by Crippen LogP contribution is -2.50. The first kappa shape index (κ1) is 30.4. The van der Waals surface area contributed by atoms with Gasteiger partial charge >= 0.3 is 30.1 Å². The van der Waals surface area contributed by atoms with Gasteiger partial charge in [0.2, 0.25) is 0 Å². The molecule has 210 valence electrons. The lowest BCUT2D eigenvalue weighted by Gasteiger charge is -2.32. The molecule has 0 saturated carbocycles. The number of hydrogen-bond acceptors (Lipinski definition) is 10. The Balaban J connectivity index is 2.22. The van der Waals surface area contributed by atoms with Crippen molar-refractivity contribution in [1.82, 2.24) is 10.2 Å². The first-order chi connectivity index (χ1) is 17.9. The zero-order valence-electron chi connectivity index (χ0n) is 22.6. The van der Waals surface area contributed by atoms with E-state index in [1.165, 1.54) is 26.0 Å². The number of ether oxygens (including phenoxy) is 5. The fourth-order valence-electron chi connectivity index (χ4n) is 4.12. The standard InChI is InChI=1S/C26H36N2O10/c1-16(29)37-21-14-20(23(31)35-6)28(25(33)38-26(2,3)4)19(21)13-12-18(22(30)34-5)27-24(32)36-15-17-10-8-7-9-11-17/h7-11,18-21H,12-15H2,1-6H3,(H,27,32)/t18-,19+,20-,21+/m0/s1. The van der Waals surface area contributed by atoms with E-state index in [-0.39, 0.29) is 25.9 Å². The van der Waals surface area contributed by atoms with Crippen LogP contribution in [0, 0.1) is 0 Å². The Morgan fingerprint density at radius 3 is 2.26 bits per heavy atom. The molecule has 1 saturated heterocycles. The highest BCUT2D eigenvalue weighted by Crippen LogP contribution is 2.33. The molecule has 1 aromatic carbocycles. The van der Waals surface area contributed by atoms with Crippen LogP contribution in [0.2, 0.25) is 0 Å². The van der Waals surface area contributed by atoms with Gasteiger partial charge in [0.15, 0.2) is 0 Å². The summed E-state index contributed by atoms with van der Waals surface area (Å²) >= 11 is 0. The van der Waals surface area contributed by atoms with E-state index in [2.05, 4.69) is 5.32 Å². The van der Waals surface area contributed by atoms with Crippen molar-refractivity contribution < 1.29 is 47.7 Å². The lowest BCUT2D eigenvalue weighted by atomic mass is 10.0. The van der Waals surface area contributed by atoms with Gasteiger partial charge in [-0.3, -0.25) is 9.69 Å². The summed E-state index contributed by atoms with van der Waals surface area (Å²) in [6.45, 7) is 6.22. The van der Waals surface area contributed by atoms with Crippen molar-refractivity contribution in [2.45, 2.75) is 83.4 Å². The van der Waals surface area contributed by atoms with E-state index in [4.69, 9.17) is 23.7 Å². The van der Waals surface area contributed by atoms with Crippen LogP contribution in [0.4, 0.5) is 9.59 Å². The maximum atomic E-state index is 13.1. The second-order valence-electron chi connectivity index (χ2n) is 9.74. The van der Waals surface area contributed by atoms with Crippen molar-refractivity contribution in [2.75, 3.05) is 14.2 Å². The van der Waals surface area contributed by atoms with E-state index in [0.717, 1.165) is 5.56 Å². The molecule has 12 heteroatoms. The zero-order valence-corrected chi connectivity index (χ0v) is 22.6. The van der Waals surface area contributed by atoms with Gasteiger partial charge in [0.05, 0.1) is 20.3 Å². The molecule has 0 bridgehead atoms. The highest BCUT2D eigenvalue weighted by Gasteiger charge is 2.50. The Morgan fingerprint density at radius 1 is 1.05 bits per heavy atom. The van der Waals surface area contributed by atoms with Gasteiger partial charge in [-0.05, 0) is 39.2 Å². The molecule has 0 aromatic heterocycles. The lowest BCUT2D eigenvalue weighted by molar-refractivity contribution is -0.148. The van der Waals surface area contributed by atoms with Gasteiger partial charge in [0, 0.05) is 13.3 Å². The molecule has 0 unspecified atom stereocenters. The van der Waals surface area contributed by atoms with Crippen molar-refractivity contribution in [2.24, 2.45) is 0 Å². The van der Waals surface area contributed by atoms with Gasteiger partial charge in [-0.15, -0.1) is 0 Å². The molecule has 12 nitrogen and oxygen atoms in total. The van der Waals surface area contributed by atoms with Crippen LogP contribution in [-0.4, -0.2) is 79.0 Å². The normalized spacial score (nSPS) is 19.6. The summed E-state index contributed by atoms with van der Waals surface area (Å²) in [5, 5.41) is 2.48. The number of carbonyl (C=O) groups is 5. The van der Waals surface area contributed by atoms with Crippen molar-refractivity contribution in [3.8, 4) is 0 Å². The minimum absolute atomic E-state index is 0.00898. The molecule has 1 heterocycles. The Kier molecular flexibility index (Phi) is 10.9. The van der Waals surface area contributed by atoms with Crippen LogP contribution >= 0.6 is 0 Å². The number of esters is 3. The zero-order chi connectivity index (χ0) is 28.5. The van der Waals surface area contributed by atoms with Gasteiger partial charge in [0.1, 0.15) is 30.4 Å². The molecule has 0 radical (unpaired) electrons. The molecular weight excluding hydrogens is 500 g/mol. The highest BCUT2D eigenvalue weighted by molar-refractivity contribution is 5.83. The van der Waals surface area contributed by atoms with E-state index >= 15 is 0 Å². The summed E-state index contributed by atoms with van der Waals surface area (Å²) in [6, 6.07) is 5.91. The summed E-state index contributed by atoms with van der Waals surface area (Å²) < 4.78 is 25.8. The fourth-order valence-corrected chi connectivity index (χ4v) is 4.12. The number of rotatable bonds is 9. The van der Waals surface area contributed by atoms with E-state index in [1.54, 1.807) is 45.0 Å². The van der Waals surface area contributed by atoms with Crippen LogP contribution in [0.1, 0.15) is 52.5 Å². The summed E-state index contributed by atoms with van der Waals surface area (Å²) in [5.74, 6) is -2.05. The van der Waals surface area contributed by atoms with Crippen molar-refractivity contribution in [1.29, 1.82) is 0 Å². The number of nitrogens with zero attached hydrogens (tertiary/aromatic N) is 1. The van der Waals surface area contributed by atoms with E-state index in [9.17, 15) is 24.0 Å². The molecule has 1 fully saturated rings. The number of carbonyl (C=O) groups excluding carboxylic acids is 5. The van der Waals surface area contributed by atoms with Gasteiger partial charge < -0.3 is 29.0 Å². The Hall–Kier alpha value is -3.83. The highest BCUT2D eigenvalue weighted by atomic mass is 16.6. The van der Waals surface area contributed by atoms with Crippen LogP contribution in [0.15, 0.2) is 30.3 Å². The third kappa shape index (κ3) is 8.93. The monoisotopic (exact) mass is 536 g/mol. The van der Waals surface area contributed by atoms with Crippen LogP contribution in [-0.2, 0) is 44.7 Å². The first-order valence-electron chi connectivity index (χ1n) is 12.2. The third-order valence-electron chi connectivity index (χ3n) is 5.71. The van der Waals surface area contributed by atoms with Crippen molar-refractivity contribution in [3.05, 3.63) is 35.9 Å². The molecule has 1 aliphatic rings. The Bertz CT molecular complexity index is 991. The number of hydrogen-bond donors (Lipinski definition) is 1. The van der Waals surface area contributed by atoms with Crippen LogP contribution in [0.25, 0.3) is 0 Å². The fraction of sp³-hybridized carbons (Fsp3) is 0.577. The minimum atomic E-state index is -1.14. The second kappa shape index (κ2) is 13.6. The number of benzene rings is 1. The number of likely N-dealkylation sites (tertiary alicyclic amines) is 1. The first-order valence-corrected chi connectivity index (χ1v) is 12.2. The summed E-state index contributed by atoms with van der Waals surface area (Å²) in [5.41, 5.74) is -0.116. The van der Waals surface area contributed by atoms with Crippen LogP contribution < -0.4 is 5.32 Å². The average molecular weight is 537 g/mol. The van der Waals surface area contributed by atoms with Crippen molar-refractivity contribution >= 4 is 30.1 Å². The van der Waals surface area contributed by atoms with E-state index in [1.807, 2.05) is 6.07 Å². The number of methoxy groups -OCH3 is 2. The van der Waals surface area contributed by atoms with Gasteiger partial charge in [0.25, 0.3) is 0 Å². The molecule has 1 aliphatic heterocycles. The van der Waals surface area contributed by atoms with Crippen LogP contribution in [0.5, 0.6) is 0 Å². The maximum absolute atomic E-state index is 13.1. The Labute approximate surface area is 221 Å². The van der Waals surface area contributed by atoms with Crippen molar-refractivity contribution in [3.63, 3.8) is 0 Å². The number of nitrogens with one attached hydrogen (secondary N) is 1. The smallest absolute Gasteiger partial charge is 0.411 e. The number of amides is 2. The maximum Gasteiger partial charge on any atom is 0.411 e. The van der Waals surface area contributed by atoms with Gasteiger partial charge in [-0.1, -0.05) is 30.3 Å². The molecule has 1 N–H and O–H groups in total. The molecule has 2 amide bonds. The Morgan fingerprint density at radius 2 is 1.71 bits per heavy atom. The topological polar surface area (TPSA) is 147 Å². The molecule has 4 atom stereocenters.